The third-order valence-corrected chi connectivity index (χ3v) is 4.51. The Morgan fingerprint density at radius 2 is 2.00 bits per heavy atom. The molecule has 7 heteroatoms. The second kappa shape index (κ2) is 6.84. The molecular formula is C14H15N5S2. The molecule has 108 valence electrons. The Balaban J connectivity index is 1.90. The van der Waals surface area contributed by atoms with Crippen molar-refractivity contribution in [1.82, 2.24) is 25.1 Å². The van der Waals surface area contributed by atoms with E-state index in [2.05, 4.69) is 44.2 Å². The minimum atomic E-state index is 0.0731. The van der Waals surface area contributed by atoms with Gasteiger partial charge in [0.2, 0.25) is 0 Å². The van der Waals surface area contributed by atoms with Crippen molar-refractivity contribution in [3.8, 4) is 10.7 Å². The Hall–Kier alpha value is -1.70. The standard InChI is InChI=1S/C14H15N5S2/c1-2-8-15-12(10-6-4-3-5-7-10)14-18-17-13(21-14)11-9-20-19-16-11/h3-7,9,12,15H,2,8H2,1H3. The fourth-order valence-electron chi connectivity index (χ4n) is 1.99. The van der Waals surface area contributed by atoms with Crippen LogP contribution >= 0.6 is 22.9 Å². The number of aromatic nitrogens is 4. The average molecular weight is 317 g/mol. The highest BCUT2D eigenvalue weighted by Gasteiger charge is 2.19. The number of nitrogens with one attached hydrogen (secondary N) is 1. The Morgan fingerprint density at radius 3 is 2.71 bits per heavy atom. The van der Waals surface area contributed by atoms with Gasteiger partial charge in [-0.3, -0.25) is 0 Å². The van der Waals surface area contributed by atoms with Gasteiger partial charge in [-0.2, -0.15) is 0 Å². The molecule has 0 fully saturated rings. The van der Waals surface area contributed by atoms with Crippen LogP contribution in [0.15, 0.2) is 35.7 Å². The van der Waals surface area contributed by atoms with E-state index < -0.39 is 0 Å². The molecule has 0 radical (unpaired) electrons. The summed E-state index contributed by atoms with van der Waals surface area (Å²) in [6.45, 7) is 3.09. The topological polar surface area (TPSA) is 63.6 Å². The first-order valence-electron chi connectivity index (χ1n) is 6.77. The number of rotatable bonds is 6. The van der Waals surface area contributed by atoms with Gasteiger partial charge in [0.1, 0.15) is 10.7 Å². The molecular weight excluding hydrogens is 302 g/mol. The van der Waals surface area contributed by atoms with Gasteiger partial charge in [-0.1, -0.05) is 53.1 Å². The van der Waals surface area contributed by atoms with Gasteiger partial charge in [0.15, 0.2) is 5.01 Å². The molecule has 3 aromatic rings. The molecule has 1 N–H and O–H groups in total. The SMILES string of the molecule is CCCNC(c1ccccc1)c1nnc(-c2csnn2)s1. The van der Waals surface area contributed by atoms with Gasteiger partial charge in [-0.25, -0.2) is 0 Å². The monoisotopic (exact) mass is 317 g/mol. The maximum Gasteiger partial charge on any atom is 0.169 e. The predicted molar refractivity (Wildman–Crippen MR) is 85.4 cm³/mol. The molecule has 0 saturated carbocycles. The van der Waals surface area contributed by atoms with Crippen molar-refractivity contribution in [3.05, 3.63) is 46.3 Å². The summed E-state index contributed by atoms with van der Waals surface area (Å²) in [4.78, 5) is 0. The summed E-state index contributed by atoms with van der Waals surface area (Å²) < 4.78 is 3.88. The number of nitrogens with zero attached hydrogens (tertiary/aromatic N) is 4. The van der Waals surface area contributed by atoms with Gasteiger partial charge in [0.25, 0.3) is 0 Å². The van der Waals surface area contributed by atoms with Crippen LogP contribution in [0.5, 0.6) is 0 Å². The second-order valence-corrected chi connectivity index (χ2v) is 6.15. The first-order chi connectivity index (χ1) is 10.4. The summed E-state index contributed by atoms with van der Waals surface area (Å²) in [5.74, 6) is 0. The van der Waals surface area contributed by atoms with E-state index in [-0.39, 0.29) is 6.04 Å². The van der Waals surface area contributed by atoms with Gasteiger partial charge < -0.3 is 5.32 Å². The lowest BCUT2D eigenvalue weighted by atomic mass is 10.1. The molecule has 2 heterocycles. The average Bonchev–Trinajstić information content (AvgIpc) is 3.20. The minimum absolute atomic E-state index is 0.0731. The van der Waals surface area contributed by atoms with E-state index in [1.54, 1.807) is 11.3 Å². The molecule has 0 amide bonds. The van der Waals surface area contributed by atoms with Crippen molar-refractivity contribution in [2.24, 2.45) is 0 Å². The Bertz CT molecular complexity index is 666. The third-order valence-electron chi connectivity index (χ3n) is 3.00. The Labute approximate surface area is 131 Å². The normalized spacial score (nSPS) is 12.4. The van der Waals surface area contributed by atoms with E-state index in [1.165, 1.54) is 17.1 Å². The fraction of sp³-hybridized carbons (Fsp3) is 0.286. The lowest BCUT2D eigenvalue weighted by Gasteiger charge is -2.15. The molecule has 5 nitrogen and oxygen atoms in total. The van der Waals surface area contributed by atoms with Crippen molar-refractivity contribution >= 4 is 22.9 Å². The third kappa shape index (κ3) is 3.31. The van der Waals surface area contributed by atoms with Crippen LogP contribution in [0.4, 0.5) is 0 Å². The maximum absolute atomic E-state index is 4.34. The summed E-state index contributed by atoms with van der Waals surface area (Å²) in [6, 6.07) is 10.4. The summed E-state index contributed by atoms with van der Waals surface area (Å²) in [5.41, 5.74) is 2.00. The van der Waals surface area contributed by atoms with Crippen molar-refractivity contribution in [2.45, 2.75) is 19.4 Å². The van der Waals surface area contributed by atoms with Crippen molar-refractivity contribution in [3.63, 3.8) is 0 Å². The second-order valence-electron chi connectivity index (χ2n) is 4.53. The van der Waals surface area contributed by atoms with Crippen molar-refractivity contribution in [2.75, 3.05) is 6.54 Å². The maximum atomic E-state index is 4.34. The van der Waals surface area contributed by atoms with Gasteiger partial charge in [-0.15, -0.1) is 15.3 Å². The Kier molecular flexibility index (Phi) is 4.64. The molecule has 0 spiro atoms. The molecule has 1 unspecified atom stereocenters. The molecule has 21 heavy (non-hydrogen) atoms. The van der Waals surface area contributed by atoms with Gasteiger partial charge in [0.05, 0.1) is 6.04 Å². The molecule has 2 aromatic heterocycles. The van der Waals surface area contributed by atoms with Gasteiger partial charge in [-0.05, 0) is 30.1 Å². The van der Waals surface area contributed by atoms with E-state index in [0.29, 0.717) is 0 Å². The van der Waals surface area contributed by atoms with Crippen LogP contribution < -0.4 is 5.32 Å². The number of hydrogen-bond donors (Lipinski definition) is 1. The minimum Gasteiger partial charge on any atom is -0.304 e. The first-order valence-corrected chi connectivity index (χ1v) is 8.43. The van der Waals surface area contributed by atoms with Crippen molar-refractivity contribution < 1.29 is 0 Å². The summed E-state index contributed by atoms with van der Waals surface area (Å²) >= 11 is 2.89. The van der Waals surface area contributed by atoms with Crippen LogP contribution in [0.25, 0.3) is 10.7 Å². The zero-order chi connectivity index (χ0) is 14.5. The number of hydrogen-bond acceptors (Lipinski definition) is 7. The molecule has 0 aliphatic rings. The Morgan fingerprint density at radius 1 is 1.14 bits per heavy atom. The van der Waals surface area contributed by atoms with E-state index >= 15 is 0 Å². The van der Waals surface area contributed by atoms with Crippen LogP contribution in [0.3, 0.4) is 0 Å². The highest BCUT2D eigenvalue weighted by Crippen LogP contribution is 2.29. The zero-order valence-corrected chi connectivity index (χ0v) is 13.2. The first kappa shape index (κ1) is 14.2. The van der Waals surface area contributed by atoms with E-state index in [0.717, 1.165) is 28.7 Å². The summed E-state index contributed by atoms with van der Waals surface area (Å²) in [7, 11) is 0. The van der Waals surface area contributed by atoms with Crippen LogP contribution in [-0.2, 0) is 0 Å². The van der Waals surface area contributed by atoms with E-state index in [1.807, 2.05) is 23.6 Å². The molecule has 1 aromatic carbocycles. The lowest BCUT2D eigenvalue weighted by Crippen LogP contribution is -2.23. The van der Waals surface area contributed by atoms with Crippen molar-refractivity contribution in [1.29, 1.82) is 0 Å². The molecule has 3 rings (SSSR count). The highest BCUT2D eigenvalue weighted by atomic mass is 32.1. The zero-order valence-electron chi connectivity index (χ0n) is 11.6. The highest BCUT2D eigenvalue weighted by molar-refractivity contribution is 7.15. The van der Waals surface area contributed by atoms with E-state index in [4.69, 9.17) is 0 Å². The summed E-state index contributed by atoms with van der Waals surface area (Å²) in [6.07, 6.45) is 1.07. The van der Waals surface area contributed by atoms with Gasteiger partial charge in [0, 0.05) is 5.38 Å². The van der Waals surface area contributed by atoms with E-state index in [9.17, 15) is 0 Å². The fourth-order valence-corrected chi connectivity index (χ4v) is 3.41. The molecule has 0 bridgehead atoms. The molecule has 0 aliphatic carbocycles. The quantitative estimate of drug-likeness (QED) is 0.756. The van der Waals surface area contributed by atoms with Gasteiger partial charge >= 0.3 is 0 Å². The molecule has 0 saturated heterocycles. The van der Waals surface area contributed by atoms with Crippen LogP contribution in [0.1, 0.15) is 30.0 Å². The van der Waals surface area contributed by atoms with Crippen LogP contribution in [0.2, 0.25) is 0 Å². The smallest absolute Gasteiger partial charge is 0.169 e. The lowest BCUT2D eigenvalue weighted by molar-refractivity contribution is 0.592. The van der Waals surface area contributed by atoms with Crippen LogP contribution in [-0.4, -0.2) is 26.3 Å². The largest absolute Gasteiger partial charge is 0.304 e. The van der Waals surface area contributed by atoms with Crippen LogP contribution in [0, 0.1) is 0 Å². The molecule has 1 atom stereocenters. The molecule has 0 aliphatic heterocycles. The number of benzene rings is 1. The predicted octanol–water partition coefficient (Wildman–Crippen LogP) is 3.15. The summed E-state index contributed by atoms with van der Waals surface area (Å²) in [5, 5.41) is 19.8.